The fraction of sp³-hybridized carbons (Fsp3) is 0.800. The number of rotatable bonds is 5. The quantitative estimate of drug-likeness (QED) is 0.635. The van der Waals surface area contributed by atoms with Gasteiger partial charge in [-0.2, -0.15) is 0 Å². The average molecular weight is 170 g/mol. The summed E-state index contributed by atoms with van der Waals surface area (Å²) in [5.74, 6) is 0.593. The zero-order chi connectivity index (χ0) is 9.72. The van der Waals surface area contributed by atoms with Crippen LogP contribution in [0.1, 0.15) is 27.7 Å². The third-order valence-electron chi connectivity index (χ3n) is 1.86. The standard InChI is InChI=1S/C10H22N2/c1-7-12(6)10(8(2)3)11-9(4)5/h7-11H,1H2,2-6H3. The molecule has 0 aliphatic heterocycles. The Morgan fingerprint density at radius 2 is 1.75 bits per heavy atom. The van der Waals surface area contributed by atoms with Crippen molar-refractivity contribution in [2.75, 3.05) is 7.05 Å². The molecule has 0 spiro atoms. The van der Waals surface area contributed by atoms with Crippen LogP contribution in [0, 0.1) is 5.92 Å². The van der Waals surface area contributed by atoms with E-state index in [2.05, 4.69) is 44.5 Å². The van der Waals surface area contributed by atoms with Gasteiger partial charge in [0.1, 0.15) is 0 Å². The largest absolute Gasteiger partial charge is 0.365 e. The van der Waals surface area contributed by atoms with Gasteiger partial charge in [0, 0.05) is 13.1 Å². The van der Waals surface area contributed by atoms with Gasteiger partial charge < -0.3 is 4.90 Å². The van der Waals surface area contributed by atoms with Crippen molar-refractivity contribution in [3.8, 4) is 0 Å². The van der Waals surface area contributed by atoms with E-state index >= 15 is 0 Å². The molecule has 0 saturated carbocycles. The molecule has 1 N–H and O–H groups in total. The minimum atomic E-state index is 0.391. The maximum absolute atomic E-state index is 3.76. The van der Waals surface area contributed by atoms with Gasteiger partial charge in [-0.05, 0) is 26.0 Å². The van der Waals surface area contributed by atoms with Gasteiger partial charge in [-0.25, -0.2) is 0 Å². The van der Waals surface area contributed by atoms with Crippen LogP contribution in [0.3, 0.4) is 0 Å². The molecule has 0 radical (unpaired) electrons. The predicted molar refractivity (Wildman–Crippen MR) is 54.9 cm³/mol. The highest BCUT2D eigenvalue weighted by Gasteiger charge is 2.15. The summed E-state index contributed by atoms with van der Waals surface area (Å²) in [6.07, 6.45) is 2.25. The summed E-state index contributed by atoms with van der Waals surface area (Å²) in [6.45, 7) is 12.5. The summed E-state index contributed by atoms with van der Waals surface area (Å²) in [4.78, 5) is 2.12. The molecule has 0 aliphatic carbocycles. The summed E-state index contributed by atoms with van der Waals surface area (Å²) in [6, 6.07) is 0.514. The Bertz CT molecular complexity index is 130. The van der Waals surface area contributed by atoms with Crippen molar-refractivity contribution >= 4 is 0 Å². The lowest BCUT2D eigenvalue weighted by atomic mass is 10.1. The molecule has 2 heteroatoms. The fourth-order valence-corrected chi connectivity index (χ4v) is 1.24. The first kappa shape index (κ1) is 11.5. The second kappa shape index (κ2) is 5.20. The summed E-state index contributed by atoms with van der Waals surface area (Å²) in [5.41, 5.74) is 0. The predicted octanol–water partition coefficient (Wildman–Crippen LogP) is 2.04. The molecule has 0 rings (SSSR count). The van der Waals surface area contributed by atoms with Gasteiger partial charge in [-0.1, -0.05) is 20.4 Å². The average Bonchev–Trinajstić information content (AvgIpc) is 1.98. The molecule has 72 valence electrons. The Morgan fingerprint density at radius 3 is 2.00 bits per heavy atom. The van der Waals surface area contributed by atoms with Crippen LogP contribution >= 0.6 is 0 Å². The van der Waals surface area contributed by atoms with E-state index in [0.29, 0.717) is 18.1 Å². The van der Waals surface area contributed by atoms with Crippen LogP contribution < -0.4 is 5.32 Å². The van der Waals surface area contributed by atoms with Crippen LogP contribution in [-0.2, 0) is 0 Å². The molecule has 1 atom stereocenters. The van der Waals surface area contributed by atoms with E-state index in [0.717, 1.165) is 0 Å². The van der Waals surface area contributed by atoms with Crippen LogP contribution in [0.25, 0.3) is 0 Å². The van der Waals surface area contributed by atoms with E-state index in [9.17, 15) is 0 Å². The molecule has 12 heavy (non-hydrogen) atoms. The first-order chi connectivity index (χ1) is 5.49. The van der Waals surface area contributed by atoms with Crippen molar-refractivity contribution in [1.29, 1.82) is 0 Å². The molecular weight excluding hydrogens is 148 g/mol. The monoisotopic (exact) mass is 170 g/mol. The highest BCUT2D eigenvalue weighted by molar-refractivity contribution is 4.78. The van der Waals surface area contributed by atoms with Crippen molar-refractivity contribution in [2.45, 2.75) is 39.9 Å². The van der Waals surface area contributed by atoms with E-state index in [1.165, 1.54) is 0 Å². The smallest absolute Gasteiger partial charge is 0.0812 e. The van der Waals surface area contributed by atoms with Crippen molar-refractivity contribution in [3.63, 3.8) is 0 Å². The lowest BCUT2D eigenvalue weighted by molar-refractivity contribution is 0.200. The third kappa shape index (κ3) is 3.77. The molecule has 2 nitrogen and oxygen atoms in total. The Labute approximate surface area is 76.6 Å². The maximum Gasteiger partial charge on any atom is 0.0812 e. The van der Waals surface area contributed by atoms with Crippen molar-refractivity contribution in [2.24, 2.45) is 5.92 Å². The van der Waals surface area contributed by atoms with Crippen molar-refractivity contribution < 1.29 is 0 Å². The number of hydrogen-bond donors (Lipinski definition) is 1. The Kier molecular flexibility index (Phi) is 4.98. The third-order valence-corrected chi connectivity index (χ3v) is 1.86. The van der Waals surface area contributed by atoms with Crippen LogP contribution in [0.15, 0.2) is 12.8 Å². The first-order valence-electron chi connectivity index (χ1n) is 4.59. The van der Waals surface area contributed by atoms with E-state index in [-0.39, 0.29) is 0 Å². The SMILES string of the molecule is C=CN(C)C(NC(C)C)C(C)C. The molecule has 0 heterocycles. The van der Waals surface area contributed by atoms with Crippen molar-refractivity contribution in [1.82, 2.24) is 10.2 Å². The van der Waals surface area contributed by atoms with E-state index < -0.39 is 0 Å². The molecule has 0 bridgehead atoms. The molecule has 0 aliphatic rings. The van der Waals surface area contributed by atoms with E-state index in [4.69, 9.17) is 0 Å². The lowest BCUT2D eigenvalue weighted by Gasteiger charge is -2.32. The summed E-state index contributed by atoms with van der Waals surface area (Å²) < 4.78 is 0. The fourth-order valence-electron chi connectivity index (χ4n) is 1.24. The molecule has 0 aromatic heterocycles. The minimum absolute atomic E-state index is 0.391. The molecule has 0 aromatic rings. The van der Waals surface area contributed by atoms with Gasteiger partial charge in [-0.3, -0.25) is 5.32 Å². The van der Waals surface area contributed by atoms with Gasteiger partial charge in [0.2, 0.25) is 0 Å². The van der Waals surface area contributed by atoms with Crippen LogP contribution in [0.2, 0.25) is 0 Å². The highest BCUT2D eigenvalue weighted by Crippen LogP contribution is 2.06. The maximum atomic E-state index is 3.76. The zero-order valence-corrected chi connectivity index (χ0v) is 8.96. The highest BCUT2D eigenvalue weighted by atomic mass is 15.2. The number of nitrogens with one attached hydrogen (secondary N) is 1. The van der Waals surface area contributed by atoms with Gasteiger partial charge in [0.25, 0.3) is 0 Å². The Morgan fingerprint density at radius 1 is 1.25 bits per heavy atom. The Balaban J connectivity index is 4.12. The summed E-state index contributed by atoms with van der Waals surface area (Å²) in [5, 5.41) is 3.48. The topological polar surface area (TPSA) is 15.3 Å². The van der Waals surface area contributed by atoms with Gasteiger partial charge >= 0.3 is 0 Å². The second-order valence-corrected chi connectivity index (χ2v) is 3.86. The van der Waals surface area contributed by atoms with Crippen LogP contribution in [0.5, 0.6) is 0 Å². The molecule has 0 amide bonds. The number of nitrogens with zero attached hydrogens (tertiary/aromatic N) is 1. The molecule has 0 fully saturated rings. The van der Waals surface area contributed by atoms with Gasteiger partial charge in [0.15, 0.2) is 0 Å². The normalized spacial score (nSPS) is 13.6. The van der Waals surface area contributed by atoms with Crippen LogP contribution in [0.4, 0.5) is 0 Å². The molecule has 0 aromatic carbocycles. The second-order valence-electron chi connectivity index (χ2n) is 3.86. The lowest BCUT2D eigenvalue weighted by Crippen LogP contribution is -2.47. The van der Waals surface area contributed by atoms with Crippen molar-refractivity contribution in [3.05, 3.63) is 12.8 Å². The number of hydrogen-bond acceptors (Lipinski definition) is 2. The van der Waals surface area contributed by atoms with E-state index in [1.807, 2.05) is 13.2 Å². The van der Waals surface area contributed by atoms with E-state index in [1.54, 1.807) is 0 Å². The van der Waals surface area contributed by atoms with Crippen LogP contribution in [-0.4, -0.2) is 24.2 Å². The minimum Gasteiger partial charge on any atom is -0.365 e. The first-order valence-corrected chi connectivity index (χ1v) is 4.59. The molecule has 1 unspecified atom stereocenters. The summed E-state index contributed by atoms with van der Waals surface area (Å²) in [7, 11) is 2.05. The summed E-state index contributed by atoms with van der Waals surface area (Å²) >= 11 is 0. The van der Waals surface area contributed by atoms with Gasteiger partial charge in [-0.15, -0.1) is 0 Å². The molecular formula is C10H22N2. The Hall–Kier alpha value is -0.500. The van der Waals surface area contributed by atoms with Gasteiger partial charge in [0.05, 0.1) is 6.17 Å². The molecule has 0 saturated heterocycles. The zero-order valence-electron chi connectivity index (χ0n) is 8.96.